The van der Waals surface area contributed by atoms with E-state index in [2.05, 4.69) is 10.2 Å². The highest BCUT2D eigenvalue weighted by Crippen LogP contribution is 2.21. The summed E-state index contributed by atoms with van der Waals surface area (Å²) in [7, 11) is 0. The van der Waals surface area contributed by atoms with Gasteiger partial charge in [-0.25, -0.2) is 0 Å². The number of ether oxygens (including phenoxy) is 1. The minimum atomic E-state index is -0.145. The summed E-state index contributed by atoms with van der Waals surface area (Å²) in [6.07, 6.45) is 3.22. The van der Waals surface area contributed by atoms with Gasteiger partial charge in [0.05, 0.1) is 18.3 Å². The number of nitrogens with zero attached hydrogens (tertiary/aromatic N) is 4. The number of thioether (sulfide) groups is 1. The fourth-order valence-corrected chi connectivity index (χ4v) is 3.59. The number of amides is 1. The molecular weight excluding hydrogens is 328 g/mol. The van der Waals surface area contributed by atoms with Gasteiger partial charge in [0.2, 0.25) is 5.91 Å². The molecule has 1 fully saturated rings. The summed E-state index contributed by atoms with van der Waals surface area (Å²) in [6, 6.07) is 5.68. The SMILES string of the molecule is CCOC(=O)C1CCN(C(=O)CSc2nnc3ccccn23)CC1. The summed E-state index contributed by atoms with van der Waals surface area (Å²) >= 11 is 1.38. The molecule has 0 atom stereocenters. The number of piperidine rings is 1. The molecule has 2 aromatic heterocycles. The van der Waals surface area contributed by atoms with Crippen LogP contribution in [-0.4, -0.2) is 56.8 Å². The van der Waals surface area contributed by atoms with Crippen molar-refractivity contribution >= 4 is 29.3 Å². The third-order valence-electron chi connectivity index (χ3n) is 4.07. The summed E-state index contributed by atoms with van der Waals surface area (Å²) in [5, 5.41) is 8.89. The minimum absolute atomic E-state index is 0.0648. The normalized spacial score (nSPS) is 15.6. The lowest BCUT2D eigenvalue weighted by atomic mass is 9.97. The van der Waals surface area contributed by atoms with Gasteiger partial charge in [0, 0.05) is 19.3 Å². The number of hydrogen-bond acceptors (Lipinski definition) is 6. The van der Waals surface area contributed by atoms with Gasteiger partial charge >= 0.3 is 5.97 Å². The van der Waals surface area contributed by atoms with Gasteiger partial charge in [-0.05, 0) is 31.9 Å². The number of esters is 1. The summed E-state index contributed by atoms with van der Waals surface area (Å²) in [6.45, 7) is 3.41. The van der Waals surface area contributed by atoms with E-state index < -0.39 is 0 Å². The van der Waals surface area contributed by atoms with Crippen molar-refractivity contribution in [2.75, 3.05) is 25.4 Å². The topological polar surface area (TPSA) is 76.8 Å². The second-order valence-electron chi connectivity index (χ2n) is 5.61. The predicted octanol–water partition coefficient (Wildman–Crippen LogP) is 1.62. The van der Waals surface area contributed by atoms with Crippen molar-refractivity contribution in [3.05, 3.63) is 24.4 Å². The Morgan fingerprint density at radius 3 is 2.83 bits per heavy atom. The first kappa shape index (κ1) is 16.8. The number of carbonyl (C=O) groups is 2. The van der Waals surface area contributed by atoms with Crippen molar-refractivity contribution in [1.29, 1.82) is 0 Å². The van der Waals surface area contributed by atoms with Gasteiger partial charge in [0.1, 0.15) is 0 Å². The van der Waals surface area contributed by atoms with Crippen molar-refractivity contribution in [3.8, 4) is 0 Å². The van der Waals surface area contributed by atoms with Gasteiger partial charge in [0.25, 0.3) is 0 Å². The zero-order chi connectivity index (χ0) is 16.9. The van der Waals surface area contributed by atoms with Crippen molar-refractivity contribution in [2.45, 2.75) is 24.9 Å². The van der Waals surface area contributed by atoms with E-state index in [0.717, 1.165) is 5.65 Å². The molecule has 0 saturated carbocycles. The average Bonchev–Trinajstić information content (AvgIpc) is 3.03. The molecular formula is C16H20N4O3S. The van der Waals surface area contributed by atoms with Crippen LogP contribution >= 0.6 is 11.8 Å². The van der Waals surface area contributed by atoms with E-state index in [0.29, 0.717) is 43.4 Å². The van der Waals surface area contributed by atoms with Crippen LogP contribution in [0.25, 0.3) is 5.65 Å². The van der Waals surface area contributed by atoms with Crippen LogP contribution in [0.1, 0.15) is 19.8 Å². The van der Waals surface area contributed by atoms with E-state index in [1.54, 1.807) is 0 Å². The van der Waals surface area contributed by atoms with Crippen molar-refractivity contribution < 1.29 is 14.3 Å². The van der Waals surface area contributed by atoms with E-state index in [-0.39, 0.29) is 17.8 Å². The average molecular weight is 348 g/mol. The van der Waals surface area contributed by atoms with Gasteiger partial charge in [-0.1, -0.05) is 17.8 Å². The first-order valence-electron chi connectivity index (χ1n) is 8.06. The highest BCUT2D eigenvalue weighted by Gasteiger charge is 2.28. The van der Waals surface area contributed by atoms with E-state index >= 15 is 0 Å². The molecule has 7 nitrogen and oxygen atoms in total. The molecule has 0 aliphatic carbocycles. The smallest absolute Gasteiger partial charge is 0.309 e. The fraction of sp³-hybridized carbons (Fsp3) is 0.500. The molecule has 1 aliphatic rings. The van der Waals surface area contributed by atoms with E-state index in [1.807, 2.05) is 40.6 Å². The Kier molecular flexibility index (Phi) is 5.34. The second-order valence-corrected chi connectivity index (χ2v) is 6.55. The van der Waals surface area contributed by atoms with Crippen LogP contribution in [0.4, 0.5) is 0 Å². The number of likely N-dealkylation sites (tertiary alicyclic amines) is 1. The van der Waals surface area contributed by atoms with Crippen molar-refractivity contribution in [3.63, 3.8) is 0 Å². The quantitative estimate of drug-likeness (QED) is 0.604. The zero-order valence-corrected chi connectivity index (χ0v) is 14.4. The molecule has 1 saturated heterocycles. The van der Waals surface area contributed by atoms with Gasteiger partial charge in [-0.3, -0.25) is 14.0 Å². The van der Waals surface area contributed by atoms with Crippen LogP contribution in [0.5, 0.6) is 0 Å². The Balaban J connectivity index is 1.50. The molecule has 1 amide bonds. The number of hydrogen-bond donors (Lipinski definition) is 0. The summed E-state index contributed by atoms with van der Waals surface area (Å²) < 4.78 is 6.92. The third kappa shape index (κ3) is 3.69. The number of pyridine rings is 1. The Labute approximate surface area is 144 Å². The third-order valence-corrected chi connectivity index (χ3v) is 5.00. The van der Waals surface area contributed by atoms with Crippen LogP contribution in [0.3, 0.4) is 0 Å². The van der Waals surface area contributed by atoms with Gasteiger partial charge < -0.3 is 9.64 Å². The maximum atomic E-state index is 12.4. The first-order valence-corrected chi connectivity index (χ1v) is 9.04. The Morgan fingerprint density at radius 1 is 1.29 bits per heavy atom. The molecule has 24 heavy (non-hydrogen) atoms. The largest absolute Gasteiger partial charge is 0.466 e. The van der Waals surface area contributed by atoms with Crippen molar-refractivity contribution in [2.24, 2.45) is 5.92 Å². The van der Waals surface area contributed by atoms with Crippen LogP contribution < -0.4 is 0 Å². The first-order chi connectivity index (χ1) is 11.7. The lowest BCUT2D eigenvalue weighted by Gasteiger charge is -2.30. The Hall–Kier alpha value is -2.09. The van der Waals surface area contributed by atoms with Crippen LogP contribution in [0.2, 0.25) is 0 Å². The molecule has 2 aromatic rings. The van der Waals surface area contributed by atoms with E-state index in [4.69, 9.17) is 4.74 Å². The molecule has 0 bridgehead atoms. The van der Waals surface area contributed by atoms with Gasteiger partial charge in [0.15, 0.2) is 10.8 Å². The molecule has 1 aliphatic heterocycles. The molecule has 0 spiro atoms. The molecule has 0 unspecified atom stereocenters. The van der Waals surface area contributed by atoms with E-state index in [9.17, 15) is 9.59 Å². The van der Waals surface area contributed by atoms with Crippen LogP contribution in [-0.2, 0) is 14.3 Å². The molecule has 3 rings (SSSR count). The highest BCUT2D eigenvalue weighted by molar-refractivity contribution is 7.99. The number of fused-ring (bicyclic) bond motifs is 1. The minimum Gasteiger partial charge on any atom is -0.466 e. The van der Waals surface area contributed by atoms with Crippen molar-refractivity contribution in [1.82, 2.24) is 19.5 Å². The Bertz CT molecular complexity index is 725. The summed E-state index contributed by atoms with van der Waals surface area (Å²) in [5.41, 5.74) is 0.766. The summed E-state index contributed by atoms with van der Waals surface area (Å²) in [5.74, 6) is 0.158. The second kappa shape index (κ2) is 7.65. The molecule has 0 radical (unpaired) electrons. The van der Waals surface area contributed by atoms with E-state index in [1.165, 1.54) is 11.8 Å². The maximum Gasteiger partial charge on any atom is 0.309 e. The number of carbonyl (C=O) groups excluding carboxylic acids is 2. The molecule has 8 heteroatoms. The monoisotopic (exact) mass is 348 g/mol. The fourth-order valence-electron chi connectivity index (χ4n) is 2.76. The molecule has 128 valence electrons. The van der Waals surface area contributed by atoms with Gasteiger partial charge in [-0.15, -0.1) is 10.2 Å². The zero-order valence-electron chi connectivity index (χ0n) is 13.6. The molecule has 0 aromatic carbocycles. The summed E-state index contributed by atoms with van der Waals surface area (Å²) in [4.78, 5) is 25.9. The lowest BCUT2D eigenvalue weighted by Crippen LogP contribution is -2.41. The standard InChI is InChI=1S/C16H20N4O3S/c1-2-23-15(22)12-6-9-19(10-7-12)14(21)11-24-16-18-17-13-5-3-4-8-20(13)16/h3-5,8,12H,2,6-7,9-11H2,1H3. The van der Waals surface area contributed by atoms with Crippen LogP contribution in [0, 0.1) is 5.92 Å². The number of rotatable bonds is 5. The Morgan fingerprint density at radius 2 is 2.08 bits per heavy atom. The number of aromatic nitrogens is 3. The maximum absolute atomic E-state index is 12.4. The molecule has 0 N–H and O–H groups in total. The predicted molar refractivity (Wildman–Crippen MR) is 89.6 cm³/mol. The van der Waals surface area contributed by atoms with Crippen LogP contribution in [0.15, 0.2) is 29.6 Å². The van der Waals surface area contributed by atoms with Gasteiger partial charge in [-0.2, -0.15) is 0 Å². The lowest BCUT2D eigenvalue weighted by molar-refractivity contribution is -0.151. The highest BCUT2D eigenvalue weighted by atomic mass is 32.2. The molecule has 3 heterocycles.